The van der Waals surface area contributed by atoms with Crippen LogP contribution in [0.5, 0.6) is 0 Å². The van der Waals surface area contributed by atoms with Crippen LogP contribution in [0.3, 0.4) is 0 Å². The number of carbonyl (C=O) groups is 1. The quantitative estimate of drug-likeness (QED) is 0.885. The van der Waals surface area contributed by atoms with Crippen LogP contribution in [0.4, 0.5) is 10.5 Å². The lowest BCUT2D eigenvalue weighted by Gasteiger charge is -2.15. The number of nitrogens with zero attached hydrogens (tertiary/aromatic N) is 1. The topological polar surface area (TPSA) is 44.4 Å². The lowest BCUT2D eigenvalue weighted by molar-refractivity contribution is 0.249. The maximum atomic E-state index is 11.9. The molecule has 1 atom stereocenters. The first kappa shape index (κ1) is 13.4. The third kappa shape index (κ3) is 3.31. The summed E-state index contributed by atoms with van der Waals surface area (Å²) in [6, 6.07) is 8.60. The van der Waals surface area contributed by atoms with Crippen LogP contribution in [0.15, 0.2) is 24.3 Å². The Hall–Kier alpha value is -1.55. The minimum atomic E-state index is -0.0934. The molecule has 1 saturated carbocycles. The maximum absolute atomic E-state index is 11.9. The number of hydrogen-bond donors (Lipinski definition) is 2. The van der Waals surface area contributed by atoms with E-state index in [-0.39, 0.29) is 6.03 Å². The van der Waals surface area contributed by atoms with Crippen LogP contribution in [0.2, 0.25) is 0 Å². The molecule has 0 bridgehead atoms. The minimum Gasteiger partial charge on any atom is -0.338 e. The summed E-state index contributed by atoms with van der Waals surface area (Å²) >= 11 is 0. The lowest BCUT2D eigenvalue weighted by atomic mass is 10.1. The number of urea groups is 1. The normalized spacial score (nSPS) is 22.8. The Morgan fingerprint density at radius 1 is 1.30 bits per heavy atom. The van der Waals surface area contributed by atoms with E-state index in [1.807, 2.05) is 31.2 Å². The van der Waals surface area contributed by atoms with Crippen LogP contribution >= 0.6 is 0 Å². The van der Waals surface area contributed by atoms with Crippen molar-refractivity contribution in [3.63, 3.8) is 0 Å². The number of rotatable bonds is 4. The van der Waals surface area contributed by atoms with E-state index < -0.39 is 0 Å². The number of benzene rings is 1. The Morgan fingerprint density at radius 3 is 2.85 bits per heavy atom. The van der Waals surface area contributed by atoms with Crippen LogP contribution in [0, 0.1) is 12.8 Å². The van der Waals surface area contributed by atoms with Gasteiger partial charge in [-0.25, -0.2) is 4.79 Å². The molecule has 2 fully saturated rings. The first-order chi connectivity index (χ1) is 9.72. The zero-order chi connectivity index (χ0) is 13.9. The van der Waals surface area contributed by atoms with E-state index in [9.17, 15) is 4.79 Å². The molecule has 1 saturated heterocycles. The van der Waals surface area contributed by atoms with Crippen molar-refractivity contribution in [1.29, 1.82) is 0 Å². The van der Waals surface area contributed by atoms with Gasteiger partial charge in [0.1, 0.15) is 0 Å². The van der Waals surface area contributed by atoms with Gasteiger partial charge >= 0.3 is 6.03 Å². The third-order valence-corrected chi connectivity index (χ3v) is 4.33. The van der Waals surface area contributed by atoms with Gasteiger partial charge in [0.15, 0.2) is 0 Å². The molecule has 1 aliphatic heterocycles. The SMILES string of the molecule is Cc1ccccc1NC(=O)NC[C@@H]1CCN(C2CC2)C1. The first-order valence-electron chi connectivity index (χ1n) is 7.57. The molecule has 3 rings (SSSR count). The van der Waals surface area contributed by atoms with Gasteiger partial charge in [-0.05, 0) is 50.3 Å². The van der Waals surface area contributed by atoms with Crippen molar-refractivity contribution in [1.82, 2.24) is 10.2 Å². The average Bonchev–Trinajstić information content (AvgIpc) is 3.18. The number of anilines is 1. The molecule has 0 unspecified atom stereocenters. The van der Waals surface area contributed by atoms with Crippen molar-refractivity contribution >= 4 is 11.7 Å². The van der Waals surface area contributed by atoms with E-state index in [1.54, 1.807) is 0 Å². The van der Waals surface area contributed by atoms with E-state index in [2.05, 4.69) is 15.5 Å². The van der Waals surface area contributed by atoms with Gasteiger partial charge in [-0.15, -0.1) is 0 Å². The number of hydrogen-bond acceptors (Lipinski definition) is 2. The first-order valence-corrected chi connectivity index (χ1v) is 7.57. The predicted octanol–water partition coefficient (Wildman–Crippen LogP) is 2.60. The highest BCUT2D eigenvalue weighted by Gasteiger charge is 2.34. The second-order valence-electron chi connectivity index (χ2n) is 6.03. The maximum Gasteiger partial charge on any atom is 0.319 e. The minimum absolute atomic E-state index is 0.0934. The summed E-state index contributed by atoms with van der Waals surface area (Å²) in [6.45, 7) is 5.13. The molecule has 20 heavy (non-hydrogen) atoms. The molecule has 0 spiro atoms. The second-order valence-corrected chi connectivity index (χ2v) is 6.03. The van der Waals surface area contributed by atoms with E-state index in [4.69, 9.17) is 0 Å². The van der Waals surface area contributed by atoms with Crippen molar-refractivity contribution in [3.05, 3.63) is 29.8 Å². The van der Waals surface area contributed by atoms with E-state index in [0.717, 1.165) is 30.4 Å². The van der Waals surface area contributed by atoms with E-state index in [0.29, 0.717) is 5.92 Å². The molecule has 2 amide bonds. The van der Waals surface area contributed by atoms with Gasteiger partial charge in [0.2, 0.25) is 0 Å². The van der Waals surface area contributed by atoms with Gasteiger partial charge in [0, 0.05) is 24.8 Å². The Morgan fingerprint density at radius 2 is 2.10 bits per heavy atom. The Balaban J connectivity index is 1.42. The van der Waals surface area contributed by atoms with Crippen LogP contribution in [0.25, 0.3) is 0 Å². The zero-order valence-corrected chi connectivity index (χ0v) is 12.1. The molecule has 0 aromatic heterocycles. The van der Waals surface area contributed by atoms with Crippen LogP contribution in [-0.4, -0.2) is 36.6 Å². The van der Waals surface area contributed by atoms with Crippen molar-refractivity contribution in [2.45, 2.75) is 32.2 Å². The third-order valence-electron chi connectivity index (χ3n) is 4.33. The smallest absolute Gasteiger partial charge is 0.319 e. The fourth-order valence-electron chi connectivity index (χ4n) is 2.92. The summed E-state index contributed by atoms with van der Waals surface area (Å²) in [5.41, 5.74) is 1.97. The molecular weight excluding hydrogens is 250 g/mol. The molecule has 1 aliphatic carbocycles. The molecule has 4 heteroatoms. The summed E-state index contributed by atoms with van der Waals surface area (Å²) < 4.78 is 0. The van der Waals surface area contributed by atoms with Crippen molar-refractivity contribution in [3.8, 4) is 0 Å². The zero-order valence-electron chi connectivity index (χ0n) is 12.1. The molecule has 0 radical (unpaired) electrons. The molecule has 4 nitrogen and oxygen atoms in total. The highest BCUT2D eigenvalue weighted by Crippen LogP contribution is 2.31. The average molecular weight is 273 g/mol. The molecule has 108 valence electrons. The van der Waals surface area contributed by atoms with Gasteiger partial charge in [-0.2, -0.15) is 0 Å². The molecule has 1 aromatic carbocycles. The molecule has 1 heterocycles. The summed E-state index contributed by atoms with van der Waals surface area (Å²) in [4.78, 5) is 14.5. The number of para-hydroxylation sites is 1. The highest BCUT2D eigenvalue weighted by molar-refractivity contribution is 5.89. The number of carbonyl (C=O) groups excluding carboxylic acids is 1. The summed E-state index contributed by atoms with van der Waals surface area (Å²) in [5, 5.41) is 5.92. The molecule has 2 aliphatic rings. The van der Waals surface area contributed by atoms with Gasteiger partial charge in [0.05, 0.1) is 0 Å². The molecular formula is C16H23N3O. The molecule has 2 N–H and O–H groups in total. The number of nitrogens with one attached hydrogen (secondary N) is 2. The number of amides is 2. The van der Waals surface area contributed by atoms with E-state index in [1.165, 1.54) is 25.8 Å². The highest BCUT2D eigenvalue weighted by atomic mass is 16.2. The fourth-order valence-corrected chi connectivity index (χ4v) is 2.92. The van der Waals surface area contributed by atoms with Crippen molar-refractivity contribution < 1.29 is 4.79 Å². The molecule has 1 aromatic rings. The predicted molar refractivity (Wildman–Crippen MR) is 80.9 cm³/mol. The standard InChI is InChI=1S/C16H23N3O/c1-12-4-2-3-5-15(12)18-16(20)17-10-13-8-9-19(11-13)14-6-7-14/h2-5,13-14H,6-11H2,1H3,(H2,17,18,20)/t13-/m0/s1. The van der Waals surface area contributed by atoms with Gasteiger partial charge in [-0.1, -0.05) is 18.2 Å². The number of likely N-dealkylation sites (tertiary alicyclic amines) is 1. The fraction of sp³-hybridized carbons (Fsp3) is 0.562. The summed E-state index contributed by atoms with van der Waals surface area (Å²) in [5.74, 6) is 0.609. The van der Waals surface area contributed by atoms with Crippen LogP contribution < -0.4 is 10.6 Å². The van der Waals surface area contributed by atoms with Crippen molar-refractivity contribution in [2.75, 3.05) is 25.0 Å². The van der Waals surface area contributed by atoms with Gasteiger partial charge in [0.25, 0.3) is 0 Å². The Bertz CT molecular complexity index is 484. The second kappa shape index (κ2) is 5.83. The largest absolute Gasteiger partial charge is 0.338 e. The van der Waals surface area contributed by atoms with Crippen LogP contribution in [-0.2, 0) is 0 Å². The monoisotopic (exact) mass is 273 g/mol. The van der Waals surface area contributed by atoms with Gasteiger partial charge < -0.3 is 15.5 Å². The summed E-state index contributed by atoms with van der Waals surface area (Å²) in [7, 11) is 0. The van der Waals surface area contributed by atoms with Crippen LogP contribution in [0.1, 0.15) is 24.8 Å². The van der Waals surface area contributed by atoms with Gasteiger partial charge in [-0.3, -0.25) is 0 Å². The Kier molecular flexibility index (Phi) is 3.92. The summed E-state index contributed by atoms with van der Waals surface area (Å²) in [6.07, 6.45) is 3.95. The van der Waals surface area contributed by atoms with E-state index >= 15 is 0 Å². The number of aryl methyl sites for hydroxylation is 1. The van der Waals surface area contributed by atoms with Crippen molar-refractivity contribution in [2.24, 2.45) is 5.92 Å². The Labute approximate surface area is 120 Å². The lowest BCUT2D eigenvalue weighted by Crippen LogP contribution is -2.34.